The van der Waals surface area contributed by atoms with E-state index in [9.17, 15) is 0 Å². The number of hydrogen-bond donors (Lipinski definition) is 1. The lowest BCUT2D eigenvalue weighted by atomic mass is 10.1. The lowest BCUT2D eigenvalue weighted by Crippen LogP contribution is -1.97. The number of fused-ring (bicyclic) bond motifs is 1. The molecule has 0 unspecified atom stereocenters. The third-order valence-corrected chi connectivity index (χ3v) is 3.92. The Morgan fingerprint density at radius 1 is 0.826 bits per heavy atom. The molecule has 4 aromatic rings. The van der Waals surface area contributed by atoms with Crippen LogP contribution in [0.2, 0.25) is 0 Å². The zero-order valence-electron chi connectivity index (χ0n) is 12.6. The summed E-state index contributed by atoms with van der Waals surface area (Å²) in [5.74, 6) is 0.745. The lowest BCUT2D eigenvalue weighted by molar-refractivity contribution is 0.904. The van der Waals surface area contributed by atoms with Crippen molar-refractivity contribution in [2.75, 3.05) is 0 Å². The smallest absolute Gasteiger partial charge is 0.161 e. The van der Waals surface area contributed by atoms with Gasteiger partial charge in [-0.15, -0.1) is 0 Å². The van der Waals surface area contributed by atoms with Crippen molar-refractivity contribution in [2.24, 2.45) is 0 Å². The second-order valence-electron chi connectivity index (χ2n) is 5.46. The maximum Gasteiger partial charge on any atom is 0.161 e. The van der Waals surface area contributed by atoms with E-state index in [1.165, 1.54) is 5.56 Å². The Bertz CT molecular complexity index is 928. The summed E-state index contributed by atoms with van der Waals surface area (Å²) in [4.78, 5) is 16.6. The molecule has 4 rings (SSSR count). The molecule has 0 atom stereocenters. The molecule has 0 aliphatic heterocycles. The fourth-order valence-corrected chi connectivity index (χ4v) is 2.72. The first-order valence-corrected chi connectivity index (χ1v) is 7.68. The fourth-order valence-electron chi connectivity index (χ4n) is 2.72. The highest BCUT2D eigenvalue weighted by atomic mass is 14.9. The Balaban J connectivity index is 1.61. The van der Waals surface area contributed by atoms with Crippen molar-refractivity contribution >= 4 is 11.0 Å². The van der Waals surface area contributed by atoms with Gasteiger partial charge in [0.15, 0.2) is 5.82 Å². The number of aromatic amines is 1. The zero-order chi connectivity index (χ0) is 15.5. The number of aromatic nitrogens is 4. The zero-order valence-corrected chi connectivity index (χ0v) is 12.6. The molecule has 0 saturated heterocycles. The molecule has 4 nitrogen and oxygen atoms in total. The summed E-state index contributed by atoms with van der Waals surface area (Å²) in [5.41, 5.74) is 4.23. The maximum absolute atomic E-state index is 4.72. The topological polar surface area (TPSA) is 54.5 Å². The first-order chi connectivity index (χ1) is 11.4. The number of rotatable bonds is 4. The van der Waals surface area contributed by atoms with Crippen molar-refractivity contribution in [1.29, 1.82) is 0 Å². The number of benzene rings is 1. The van der Waals surface area contributed by atoms with Gasteiger partial charge in [0.2, 0.25) is 0 Å². The molecule has 0 radical (unpaired) electrons. The molecule has 112 valence electrons. The Morgan fingerprint density at radius 3 is 2.65 bits per heavy atom. The van der Waals surface area contributed by atoms with Crippen LogP contribution in [0.5, 0.6) is 0 Å². The monoisotopic (exact) mass is 300 g/mol. The molecule has 4 heteroatoms. The van der Waals surface area contributed by atoms with E-state index in [0.717, 1.165) is 41.0 Å². The van der Waals surface area contributed by atoms with Gasteiger partial charge in [0.05, 0.1) is 0 Å². The van der Waals surface area contributed by atoms with Gasteiger partial charge in [-0.2, -0.15) is 0 Å². The average Bonchev–Trinajstić information content (AvgIpc) is 3.05. The first-order valence-electron chi connectivity index (χ1n) is 7.68. The third-order valence-electron chi connectivity index (χ3n) is 3.92. The molecule has 1 aromatic carbocycles. The molecule has 3 heterocycles. The highest BCUT2D eigenvalue weighted by Crippen LogP contribution is 2.24. The van der Waals surface area contributed by atoms with Crippen molar-refractivity contribution in [1.82, 2.24) is 19.9 Å². The minimum absolute atomic E-state index is 0.745. The van der Waals surface area contributed by atoms with Gasteiger partial charge in [-0.1, -0.05) is 30.3 Å². The third kappa shape index (κ3) is 2.83. The minimum atomic E-state index is 0.745. The van der Waals surface area contributed by atoms with E-state index >= 15 is 0 Å². The normalized spacial score (nSPS) is 11.0. The van der Waals surface area contributed by atoms with Crippen LogP contribution in [-0.4, -0.2) is 19.9 Å². The molecule has 3 aromatic heterocycles. The molecule has 0 saturated carbocycles. The highest BCUT2D eigenvalue weighted by molar-refractivity contribution is 5.91. The van der Waals surface area contributed by atoms with Crippen LogP contribution in [0.25, 0.3) is 22.4 Å². The summed E-state index contributed by atoms with van der Waals surface area (Å²) in [6, 6.07) is 16.4. The van der Waals surface area contributed by atoms with E-state index < -0.39 is 0 Å². The summed E-state index contributed by atoms with van der Waals surface area (Å²) in [7, 11) is 0. The second kappa shape index (κ2) is 6.01. The van der Waals surface area contributed by atoms with Crippen LogP contribution >= 0.6 is 0 Å². The summed E-state index contributed by atoms with van der Waals surface area (Å²) in [6.45, 7) is 0. The van der Waals surface area contributed by atoms with Gasteiger partial charge in [-0.3, -0.25) is 0 Å². The summed E-state index contributed by atoms with van der Waals surface area (Å²) >= 11 is 0. The molecule has 0 amide bonds. The molecule has 0 fully saturated rings. The molecular weight excluding hydrogens is 284 g/mol. The van der Waals surface area contributed by atoms with Crippen molar-refractivity contribution in [2.45, 2.75) is 12.8 Å². The number of hydrogen-bond acceptors (Lipinski definition) is 3. The number of nitrogens with zero attached hydrogens (tertiary/aromatic N) is 3. The van der Waals surface area contributed by atoms with Crippen molar-refractivity contribution in [3.8, 4) is 11.4 Å². The molecule has 1 N–H and O–H groups in total. The maximum atomic E-state index is 4.72. The summed E-state index contributed by atoms with van der Waals surface area (Å²) in [6.07, 6.45) is 7.42. The van der Waals surface area contributed by atoms with Crippen molar-refractivity contribution in [3.05, 3.63) is 78.4 Å². The first kappa shape index (κ1) is 13.6. The van der Waals surface area contributed by atoms with Gasteiger partial charge in [-0.05, 0) is 36.6 Å². The van der Waals surface area contributed by atoms with Crippen LogP contribution in [-0.2, 0) is 12.8 Å². The quantitative estimate of drug-likeness (QED) is 0.623. The molecule has 0 spiro atoms. The van der Waals surface area contributed by atoms with Crippen LogP contribution in [0.4, 0.5) is 0 Å². The SMILES string of the molecule is c1ccc(CCc2ccnc(-c3c[nH]c4ncccc34)n2)cc1. The molecular formula is C19H16N4. The van der Waals surface area contributed by atoms with Crippen LogP contribution in [0, 0.1) is 0 Å². The van der Waals surface area contributed by atoms with Gasteiger partial charge < -0.3 is 4.98 Å². The molecule has 0 bridgehead atoms. The van der Waals surface area contributed by atoms with Gasteiger partial charge in [0, 0.05) is 35.2 Å². The van der Waals surface area contributed by atoms with Crippen LogP contribution in [0.1, 0.15) is 11.3 Å². The van der Waals surface area contributed by atoms with Gasteiger partial charge >= 0.3 is 0 Å². The van der Waals surface area contributed by atoms with E-state index in [0.29, 0.717) is 0 Å². The van der Waals surface area contributed by atoms with E-state index in [2.05, 4.69) is 39.2 Å². The Labute approximate surface area is 134 Å². The second-order valence-corrected chi connectivity index (χ2v) is 5.46. The molecule has 0 aliphatic rings. The Kier molecular flexibility index (Phi) is 3.56. The van der Waals surface area contributed by atoms with Crippen LogP contribution in [0.15, 0.2) is 67.1 Å². The van der Waals surface area contributed by atoms with Crippen LogP contribution in [0.3, 0.4) is 0 Å². The van der Waals surface area contributed by atoms with E-state index in [4.69, 9.17) is 4.98 Å². The molecule has 23 heavy (non-hydrogen) atoms. The predicted molar refractivity (Wildman–Crippen MR) is 91.0 cm³/mol. The summed E-state index contributed by atoms with van der Waals surface area (Å²) in [5, 5.41) is 1.05. The van der Waals surface area contributed by atoms with E-state index in [-0.39, 0.29) is 0 Å². The highest BCUT2D eigenvalue weighted by Gasteiger charge is 2.09. The van der Waals surface area contributed by atoms with E-state index in [1.807, 2.05) is 36.7 Å². The van der Waals surface area contributed by atoms with Crippen molar-refractivity contribution < 1.29 is 0 Å². The standard InChI is InChI=1S/C19H16N4/c1-2-5-14(6-3-1)8-9-15-10-12-21-19(23-15)17-13-22-18-16(17)7-4-11-20-18/h1-7,10-13H,8-9H2,(H,20,22). The lowest BCUT2D eigenvalue weighted by Gasteiger charge is -2.04. The number of pyridine rings is 1. The van der Waals surface area contributed by atoms with Gasteiger partial charge in [-0.25, -0.2) is 15.0 Å². The Hall–Kier alpha value is -3.01. The molecule has 0 aliphatic carbocycles. The van der Waals surface area contributed by atoms with E-state index in [1.54, 1.807) is 6.20 Å². The van der Waals surface area contributed by atoms with Crippen LogP contribution < -0.4 is 0 Å². The van der Waals surface area contributed by atoms with Gasteiger partial charge in [0.1, 0.15) is 5.65 Å². The predicted octanol–water partition coefficient (Wildman–Crippen LogP) is 3.81. The number of aryl methyl sites for hydroxylation is 2. The minimum Gasteiger partial charge on any atom is -0.345 e. The fraction of sp³-hybridized carbons (Fsp3) is 0.105. The van der Waals surface area contributed by atoms with Crippen molar-refractivity contribution in [3.63, 3.8) is 0 Å². The summed E-state index contributed by atoms with van der Waals surface area (Å²) < 4.78 is 0. The van der Waals surface area contributed by atoms with Gasteiger partial charge in [0.25, 0.3) is 0 Å². The Morgan fingerprint density at radius 2 is 1.74 bits per heavy atom. The average molecular weight is 300 g/mol. The number of H-pyrrole nitrogens is 1. The largest absolute Gasteiger partial charge is 0.345 e. The number of nitrogens with one attached hydrogen (secondary N) is 1.